The number of fused-ring (bicyclic) bond motifs is 1. The number of amides is 2. The van der Waals surface area contributed by atoms with Crippen LogP contribution in [0.5, 0.6) is 5.75 Å². The molecule has 0 radical (unpaired) electrons. The van der Waals surface area contributed by atoms with Crippen molar-refractivity contribution in [3.63, 3.8) is 0 Å². The van der Waals surface area contributed by atoms with E-state index >= 15 is 0 Å². The Kier molecular flexibility index (Phi) is 5.26. The highest BCUT2D eigenvalue weighted by Gasteiger charge is 2.29. The smallest absolute Gasteiger partial charge is 0.266 e. The largest absolute Gasteiger partial charge is 0.478 e. The standard InChI is InChI=1S/C21H20N4O3S/c1-12(2)13-7-9-14(10-8-13)20-24-25-21(29-20)23-18(26)11-17-19(27)22-15-5-3-4-6-16(15)28-17/h3-10,12,17H,11H2,1-2H3,(H,22,27)(H,23,25,26)/t17-/m1/s1. The van der Waals surface area contributed by atoms with Crippen molar-refractivity contribution in [2.45, 2.75) is 32.3 Å². The summed E-state index contributed by atoms with van der Waals surface area (Å²) in [6, 6.07) is 15.2. The van der Waals surface area contributed by atoms with Gasteiger partial charge in [-0.2, -0.15) is 0 Å². The molecule has 8 heteroatoms. The van der Waals surface area contributed by atoms with Gasteiger partial charge >= 0.3 is 0 Å². The molecule has 1 aliphatic rings. The molecule has 0 saturated carbocycles. The van der Waals surface area contributed by atoms with Gasteiger partial charge < -0.3 is 15.4 Å². The summed E-state index contributed by atoms with van der Waals surface area (Å²) in [6.45, 7) is 4.28. The second-order valence-corrected chi connectivity index (χ2v) is 8.01. The first-order valence-corrected chi connectivity index (χ1v) is 10.1. The maximum atomic E-state index is 12.4. The summed E-state index contributed by atoms with van der Waals surface area (Å²) in [5.74, 6) is 0.303. The number of nitrogens with zero attached hydrogens (tertiary/aromatic N) is 2. The summed E-state index contributed by atoms with van der Waals surface area (Å²) >= 11 is 1.28. The Balaban J connectivity index is 1.39. The van der Waals surface area contributed by atoms with Gasteiger partial charge in [0.05, 0.1) is 12.1 Å². The lowest BCUT2D eigenvalue weighted by molar-refractivity contribution is -0.128. The Bertz CT molecular complexity index is 1050. The highest BCUT2D eigenvalue weighted by atomic mass is 32.1. The number of para-hydroxylation sites is 2. The van der Waals surface area contributed by atoms with Gasteiger partial charge in [0.1, 0.15) is 10.8 Å². The third-order valence-electron chi connectivity index (χ3n) is 4.57. The average Bonchev–Trinajstić information content (AvgIpc) is 3.17. The minimum Gasteiger partial charge on any atom is -0.478 e. The van der Waals surface area contributed by atoms with E-state index in [2.05, 4.69) is 46.8 Å². The number of hydrogen-bond donors (Lipinski definition) is 2. The molecular formula is C21H20N4O3S. The van der Waals surface area contributed by atoms with Crippen molar-refractivity contribution in [3.8, 4) is 16.3 Å². The van der Waals surface area contributed by atoms with Crippen molar-refractivity contribution in [2.24, 2.45) is 0 Å². The van der Waals surface area contributed by atoms with Gasteiger partial charge in [-0.15, -0.1) is 10.2 Å². The number of nitrogens with one attached hydrogen (secondary N) is 2. The topological polar surface area (TPSA) is 93.2 Å². The first-order chi connectivity index (χ1) is 14.0. The molecule has 1 atom stereocenters. The van der Waals surface area contributed by atoms with Crippen molar-refractivity contribution < 1.29 is 14.3 Å². The lowest BCUT2D eigenvalue weighted by Gasteiger charge is -2.25. The van der Waals surface area contributed by atoms with Crippen molar-refractivity contribution >= 4 is 34.0 Å². The van der Waals surface area contributed by atoms with Crippen LogP contribution in [0.1, 0.15) is 31.7 Å². The molecule has 148 valence electrons. The van der Waals surface area contributed by atoms with E-state index < -0.39 is 6.10 Å². The van der Waals surface area contributed by atoms with E-state index in [0.717, 1.165) is 10.6 Å². The van der Waals surface area contributed by atoms with Crippen LogP contribution in [0.4, 0.5) is 10.8 Å². The Morgan fingerprint density at radius 1 is 1.17 bits per heavy atom. The Hall–Kier alpha value is -3.26. The van der Waals surface area contributed by atoms with E-state index in [1.165, 1.54) is 16.9 Å². The lowest BCUT2D eigenvalue weighted by Crippen LogP contribution is -2.39. The number of anilines is 2. The second-order valence-electron chi connectivity index (χ2n) is 7.03. The fraction of sp³-hybridized carbons (Fsp3) is 0.238. The van der Waals surface area contributed by atoms with Crippen LogP contribution in [0.15, 0.2) is 48.5 Å². The molecule has 0 aliphatic carbocycles. The molecule has 29 heavy (non-hydrogen) atoms. The zero-order valence-corrected chi connectivity index (χ0v) is 16.8. The molecule has 2 heterocycles. The van der Waals surface area contributed by atoms with E-state index in [9.17, 15) is 9.59 Å². The minimum absolute atomic E-state index is 0.113. The van der Waals surface area contributed by atoms with Crippen LogP contribution >= 0.6 is 11.3 Å². The van der Waals surface area contributed by atoms with Gasteiger partial charge in [-0.1, -0.05) is 61.6 Å². The van der Waals surface area contributed by atoms with Gasteiger partial charge in [-0.25, -0.2) is 0 Å². The highest BCUT2D eigenvalue weighted by Crippen LogP contribution is 2.30. The molecule has 4 rings (SSSR count). The average molecular weight is 408 g/mol. The third kappa shape index (κ3) is 4.27. The summed E-state index contributed by atoms with van der Waals surface area (Å²) in [5, 5.41) is 14.7. The van der Waals surface area contributed by atoms with E-state index in [1.54, 1.807) is 18.2 Å². The van der Waals surface area contributed by atoms with Gasteiger partial charge in [0.15, 0.2) is 6.10 Å². The second kappa shape index (κ2) is 8.00. The van der Waals surface area contributed by atoms with Crippen molar-refractivity contribution in [1.82, 2.24) is 10.2 Å². The Labute approximate surface area is 172 Å². The fourth-order valence-corrected chi connectivity index (χ4v) is 3.73. The maximum absolute atomic E-state index is 12.4. The van der Waals surface area contributed by atoms with Gasteiger partial charge in [-0.05, 0) is 23.6 Å². The molecule has 2 amide bonds. The van der Waals surface area contributed by atoms with Gasteiger partial charge in [0.2, 0.25) is 11.0 Å². The molecule has 0 spiro atoms. The Morgan fingerprint density at radius 2 is 1.93 bits per heavy atom. The highest BCUT2D eigenvalue weighted by molar-refractivity contribution is 7.18. The lowest BCUT2D eigenvalue weighted by atomic mass is 10.0. The van der Waals surface area contributed by atoms with Crippen LogP contribution in [0.25, 0.3) is 10.6 Å². The van der Waals surface area contributed by atoms with Crippen LogP contribution in [0, 0.1) is 0 Å². The number of carbonyl (C=O) groups excluding carboxylic acids is 2. The predicted molar refractivity (Wildman–Crippen MR) is 112 cm³/mol. The quantitative estimate of drug-likeness (QED) is 0.664. The van der Waals surface area contributed by atoms with Crippen LogP contribution in [0.2, 0.25) is 0 Å². The first kappa shape index (κ1) is 19.1. The molecule has 0 unspecified atom stereocenters. The maximum Gasteiger partial charge on any atom is 0.266 e. The van der Waals surface area contributed by atoms with Crippen molar-refractivity contribution in [3.05, 3.63) is 54.1 Å². The molecule has 2 aromatic carbocycles. The van der Waals surface area contributed by atoms with Crippen LogP contribution < -0.4 is 15.4 Å². The molecule has 2 N–H and O–H groups in total. The summed E-state index contributed by atoms with van der Waals surface area (Å²) in [4.78, 5) is 24.5. The number of benzene rings is 2. The zero-order valence-electron chi connectivity index (χ0n) is 16.0. The van der Waals surface area contributed by atoms with Crippen LogP contribution in [-0.4, -0.2) is 28.1 Å². The molecule has 3 aromatic rings. The summed E-state index contributed by atoms with van der Waals surface area (Å²) in [6.07, 6.45) is -1.00. The van der Waals surface area contributed by atoms with Crippen LogP contribution in [-0.2, 0) is 9.59 Å². The van der Waals surface area contributed by atoms with E-state index in [4.69, 9.17) is 4.74 Å². The number of aromatic nitrogens is 2. The third-order valence-corrected chi connectivity index (χ3v) is 5.46. The molecule has 1 aromatic heterocycles. The predicted octanol–water partition coefficient (Wildman–Crippen LogP) is 4.06. The van der Waals surface area contributed by atoms with Gasteiger partial charge in [-0.3, -0.25) is 9.59 Å². The number of ether oxygens (including phenoxy) is 1. The molecule has 0 saturated heterocycles. The van der Waals surface area contributed by atoms with E-state index in [1.807, 2.05) is 18.2 Å². The van der Waals surface area contributed by atoms with Crippen molar-refractivity contribution in [1.29, 1.82) is 0 Å². The minimum atomic E-state index is -0.888. The summed E-state index contributed by atoms with van der Waals surface area (Å²) in [5.41, 5.74) is 2.80. The van der Waals surface area contributed by atoms with Crippen LogP contribution in [0.3, 0.4) is 0 Å². The number of hydrogen-bond acceptors (Lipinski definition) is 6. The molecular weight excluding hydrogens is 388 g/mol. The van der Waals surface area contributed by atoms with Crippen molar-refractivity contribution in [2.75, 3.05) is 10.6 Å². The van der Waals surface area contributed by atoms with E-state index in [-0.39, 0.29) is 18.2 Å². The molecule has 1 aliphatic heterocycles. The molecule has 0 fully saturated rings. The SMILES string of the molecule is CC(C)c1ccc(-c2nnc(NC(=O)C[C@H]3Oc4ccccc4NC3=O)s2)cc1. The summed E-state index contributed by atoms with van der Waals surface area (Å²) < 4.78 is 5.65. The monoisotopic (exact) mass is 408 g/mol. The van der Waals surface area contributed by atoms with Gasteiger partial charge in [0.25, 0.3) is 5.91 Å². The van der Waals surface area contributed by atoms with E-state index in [0.29, 0.717) is 22.5 Å². The number of carbonyl (C=O) groups is 2. The zero-order chi connectivity index (χ0) is 20.4. The normalized spacial score (nSPS) is 15.4. The molecule has 0 bridgehead atoms. The first-order valence-electron chi connectivity index (χ1n) is 9.30. The Morgan fingerprint density at radius 3 is 2.69 bits per heavy atom. The fourth-order valence-electron chi connectivity index (χ4n) is 2.97. The number of rotatable bonds is 5. The molecule has 7 nitrogen and oxygen atoms in total. The van der Waals surface area contributed by atoms with Gasteiger partial charge in [0, 0.05) is 5.56 Å². The summed E-state index contributed by atoms with van der Waals surface area (Å²) in [7, 11) is 0.